The molecule has 3 aliphatic rings. The fourth-order valence-corrected chi connectivity index (χ4v) is 6.76. The molecule has 0 aromatic heterocycles. The minimum absolute atomic E-state index is 0.338. The van der Waals surface area contributed by atoms with Crippen LogP contribution in [0.1, 0.15) is 84.0 Å². The monoisotopic (exact) mass is 458 g/mol. The molecule has 2 unspecified atom stereocenters. The molecule has 1 aromatic rings. The molecular formula is C26H35F5O. The highest BCUT2D eigenvalue weighted by atomic mass is 19.3. The Morgan fingerprint density at radius 1 is 0.750 bits per heavy atom. The third-order valence-corrected chi connectivity index (χ3v) is 8.77. The van der Waals surface area contributed by atoms with Crippen LogP contribution in [0, 0.1) is 53.0 Å². The summed E-state index contributed by atoms with van der Waals surface area (Å²) in [5, 5.41) is 0. The van der Waals surface area contributed by atoms with Crippen molar-refractivity contribution in [1.29, 1.82) is 0 Å². The number of hydrogen-bond acceptors (Lipinski definition) is 1. The molecule has 4 rings (SSSR count). The first kappa shape index (κ1) is 23.8. The minimum atomic E-state index is -3.53. The van der Waals surface area contributed by atoms with Crippen molar-refractivity contribution >= 4 is 0 Å². The van der Waals surface area contributed by atoms with E-state index in [1.165, 1.54) is 51.4 Å². The van der Waals surface area contributed by atoms with Crippen molar-refractivity contribution in [2.75, 3.05) is 0 Å². The Kier molecular flexibility index (Phi) is 7.36. The van der Waals surface area contributed by atoms with Crippen LogP contribution in [0.2, 0.25) is 0 Å². The predicted molar refractivity (Wildman–Crippen MR) is 114 cm³/mol. The molecule has 0 radical (unpaired) electrons. The Bertz CT molecular complexity index is 742. The van der Waals surface area contributed by atoms with Gasteiger partial charge in [-0.25, -0.2) is 13.2 Å². The number of hydrogen-bond donors (Lipinski definition) is 0. The number of halogens is 5. The molecule has 0 amide bonds. The van der Waals surface area contributed by atoms with E-state index in [4.69, 9.17) is 0 Å². The molecule has 1 aromatic carbocycles. The number of ether oxygens (including phenoxy) is 1. The molecule has 0 heterocycles. The standard InChI is InChI=1S/C26H35F5O/c1-2-16-3-4-20(13-16)19-7-5-17(6-8-19)18-9-11-21(12-10-18)26(30,31)32-22-14-23(27)25(29)24(28)15-22/h14-21H,2-13H2,1H3. The topological polar surface area (TPSA) is 9.23 Å². The largest absolute Gasteiger partial charge is 0.432 e. The van der Waals surface area contributed by atoms with Crippen LogP contribution in [-0.2, 0) is 0 Å². The van der Waals surface area contributed by atoms with Crippen molar-refractivity contribution in [1.82, 2.24) is 0 Å². The van der Waals surface area contributed by atoms with Crippen LogP contribution in [0.3, 0.4) is 0 Å². The Labute approximate surface area is 188 Å². The molecule has 3 saturated carbocycles. The van der Waals surface area contributed by atoms with Gasteiger partial charge in [0, 0.05) is 12.1 Å². The molecule has 0 spiro atoms. The highest BCUT2D eigenvalue weighted by molar-refractivity contribution is 5.25. The van der Waals surface area contributed by atoms with Gasteiger partial charge in [-0.15, -0.1) is 0 Å². The molecule has 3 aliphatic carbocycles. The van der Waals surface area contributed by atoms with E-state index < -0.39 is 35.2 Å². The maximum absolute atomic E-state index is 14.7. The van der Waals surface area contributed by atoms with E-state index in [9.17, 15) is 22.0 Å². The molecule has 6 heteroatoms. The van der Waals surface area contributed by atoms with Gasteiger partial charge in [0.15, 0.2) is 17.5 Å². The molecule has 3 fully saturated rings. The second-order valence-electron chi connectivity index (χ2n) is 10.5. The van der Waals surface area contributed by atoms with Crippen LogP contribution in [0.25, 0.3) is 0 Å². The summed E-state index contributed by atoms with van der Waals surface area (Å²) in [4.78, 5) is 0. The van der Waals surface area contributed by atoms with E-state index in [1.807, 2.05) is 0 Å². The average molecular weight is 459 g/mol. The summed E-state index contributed by atoms with van der Waals surface area (Å²) in [7, 11) is 0. The van der Waals surface area contributed by atoms with E-state index in [2.05, 4.69) is 11.7 Å². The van der Waals surface area contributed by atoms with Gasteiger partial charge in [-0.2, -0.15) is 8.78 Å². The van der Waals surface area contributed by atoms with Crippen molar-refractivity contribution in [3.05, 3.63) is 29.6 Å². The van der Waals surface area contributed by atoms with Gasteiger partial charge in [-0.05, 0) is 93.8 Å². The summed E-state index contributed by atoms with van der Waals surface area (Å²) in [5.74, 6) is -2.63. The van der Waals surface area contributed by atoms with E-state index in [0.717, 1.165) is 30.6 Å². The van der Waals surface area contributed by atoms with E-state index in [-0.39, 0.29) is 0 Å². The molecule has 32 heavy (non-hydrogen) atoms. The molecule has 0 N–H and O–H groups in total. The van der Waals surface area contributed by atoms with Crippen LogP contribution < -0.4 is 4.74 Å². The molecule has 2 atom stereocenters. The maximum atomic E-state index is 14.7. The van der Waals surface area contributed by atoms with E-state index in [0.29, 0.717) is 36.8 Å². The van der Waals surface area contributed by atoms with Crippen molar-refractivity contribution in [3.8, 4) is 5.75 Å². The first-order valence-corrected chi connectivity index (χ1v) is 12.5. The Morgan fingerprint density at radius 2 is 1.22 bits per heavy atom. The van der Waals surface area contributed by atoms with E-state index in [1.54, 1.807) is 0 Å². The van der Waals surface area contributed by atoms with Gasteiger partial charge in [-0.3, -0.25) is 0 Å². The Hall–Kier alpha value is -1.33. The first-order valence-electron chi connectivity index (χ1n) is 12.5. The van der Waals surface area contributed by atoms with Gasteiger partial charge in [0.05, 0.1) is 5.92 Å². The lowest BCUT2D eigenvalue weighted by atomic mass is 9.67. The summed E-state index contributed by atoms with van der Waals surface area (Å²) in [6.45, 7) is 2.30. The molecule has 1 nitrogen and oxygen atoms in total. The SMILES string of the molecule is CCC1CCC(C2CCC(C3CCC(C(F)(F)Oc4cc(F)c(F)c(F)c4)CC3)CC2)C1. The third kappa shape index (κ3) is 5.25. The molecule has 180 valence electrons. The minimum Gasteiger partial charge on any atom is -0.432 e. The maximum Gasteiger partial charge on any atom is 0.400 e. The van der Waals surface area contributed by atoms with Gasteiger partial charge >= 0.3 is 6.11 Å². The highest BCUT2D eigenvalue weighted by Gasteiger charge is 2.45. The van der Waals surface area contributed by atoms with Gasteiger partial charge < -0.3 is 4.74 Å². The van der Waals surface area contributed by atoms with Gasteiger partial charge in [0.1, 0.15) is 5.75 Å². The normalized spacial score (nSPS) is 33.9. The summed E-state index contributed by atoms with van der Waals surface area (Å²) < 4.78 is 73.7. The second-order valence-corrected chi connectivity index (χ2v) is 10.5. The van der Waals surface area contributed by atoms with Crippen LogP contribution in [0.5, 0.6) is 5.75 Å². The third-order valence-electron chi connectivity index (χ3n) is 8.77. The Morgan fingerprint density at radius 3 is 1.72 bits per heavy atom. The van der Waals surface area contributed by atoms with Crippen LogP contribution in [0.4, 0.5) is 22.0 Å². The predicted octanol–water partition coefficient (Wildman–Crippen LogP) is 8.51. The van der Waals surface area contributed by atoms with Crippen molar-refractivity contribution in [2.24, 2.45) is 35.5 Å². The summed E-state index contributed by atoms with van der Waals surface area (Å²) in [6.07, 6.45) is 9.10. The quantitative estimate of drug-likeness (QED) is 0.307. The number of rotatable bonds is 6. The van der Waals surface area contributed by atoms with Gasteiger partial charge in [-0.1, -0.05) is 19.8 Å². The summed E-state index contributed by atoms with van der Waals surface area (Å²) >= 11 is 0. The smallest absolute Gasteiger partial charge is 0.400 e. The fraction of sp³-hybridized carbons (Fsp3) is 0.769. The van der Waals surface area contributed by atoms with Crippen molar-refractivity contribution < 1.29 is 26.7 Å². The van der Waals surface area contributed by atoms with E-state index >= 15 is 0 Å². The van der Waals surface area contributed by atoms with Crippen molar-refractivity contribution in [3.63, 3.8) is 0 Å². The van der Waals surface area contributed by atoms with Crippen LogP contribution >= 0.6 is 0 Å². The molecular weight excluding hydrogens is 423 g/mol. The number of alkyl halides is 2. The molecule has 0 bridgehead atoms. The lowest BCUT2D eigenvalue weighted by Crippen LogP contribution is -2.38. The first-order chi connectivity index (χ1) is 15.3. The zero-order valence-electron chi connectivity index (χ0n) is 18.9. The molecule has 0 aliphatic heterocycles. The number of benzene rings is 1. The summed E-state index contributed by atoms with van der Waals surface area (Å²) in [5.41, 5.74) is 0. The van der Waals surface area contributed by atoms with Gasteiger partial charge in [0.2, 0.25) is 0 Å². The second kappa shape index (κ2) is 9.89. The zero-order chi connectivity index (χ0) is 22.9. The fourth-order valence-electron chi connectivity index (χ4n) is 6.76. The van der Waals surface area contributed by atoms with Crippen LogP contribution in [0.15, 0.2) is 12.1 Å². The van der Waals surface area contributed by atoms with Gasteiger partial charge in [0.25, 0.3) is 0 Å². The lowest BCUT2D eigenvalue weighted by molar-refractivity contribution is -0.224. The summed E-state index contributed by atoms with van der Waals surface area (Å²) in [6, 6.07) is 0.951. The molecule has 0 saturated heterocycles. The van der Waals surface area contributed by atoms with Crippen LogP contribution in [-0.4, -0.2) is 6.11 Å². The highest BCUT2D eigenvalue weighted by Crippen LogP contribution is 2.48. The van der Waals surface area contributed by atoms with Crippen molar-refractivity contribution in [2.45, 2.75) is 90.1 Å². The zero-order valence-corrected chi connectivity index (χ0v) is 18.9. The Balaban J connectivity index is 1.25. The lowest BCUT2D eigenvalue weighted by Gasteiger charge is -2.40. The average Bonchev–Trinajstić information content (AvgIpc) is 3.27.